The van der Waals surface area contributed by atoms with Gasteiger partial charge in [-0.1, -0.05) is 6.07 Å². The molecule has 3 heterocycles. The summed E-state index contributed by atoms with van der Waals surface area (Å²) in [7, 11) is 0. The highest BCUT2D eigenvalue weighted by molar-refractivity contribution is 5.88. The first-order valence-corrected chi connectivity index (χ1v) is 7.38. The molecule has 3 rings (SSSR count). The number of anilines is 1. The van der Waals surface area contributed by atoms with E-state index in [0.29, 0.717) is 19.0 Å². The van der Waals surface area contributed by atoms with E-state index < -0.39 is 0 Å². The summed E-state index contributed by atoms with van der Waals surface area (Å²) in [4.78, 5) is 16.3. The number of nitrogens with zero attached hydrogens (tertiary/aromatic N) is 3. The predicted molar refractivity (Wildman–Crippen MR) is 81.6 cm³/mol. The van der Waals surface area contributed by atoms with Crippen LogP contribution in [0.15, 0.2) is 36.7 Å². The highest BCUT2D eigenvalue weighted by Crippen LogP contribution is 2.10. The van der Waals surface area contributed by atoms with Crippen LogP contribution >= 0.6 is 0 Å². The van der Waals surface area contributed by atoms with Gasteiger partial charge in [0.2, 0.25) is 0 Å². The second-order valence-electron chi connectivity index (χ2n) is 5.21. The normalized spacial score (nSPS) is 17.9. The standard InChI is InChI=1S/C15H19N5O2/c21-15(18-13-5-3-9-22-11-13)19-14-6-8-17-20(14)10-12-4-1-2-7-16-12/h1-2,4,6-8,13H,3,5,9-11H2,(H2,18,19,21). The van der Waals surface area contributed by atoms with Crippen LogP contribution in [0.2, 0.25) is 0 Å². The van der Waals surface area contributed by atoms with E-state index in [9.17, 15) is 4.79 Å². The van der Waals surface area contributed by atoms with Crippen LogP contribution in [-0.4, -0.2) is 40.1 Å². The van der Waals surface area contributed by atoms with Gasteiger partial charge in [0.1, 0.15) is 5.82 Å². The molecule has 0 bridgehead atoms. The van der Waals surface area contributed by atoms with Gasteiger partial charge in [0, 0.05) is 18.9 Å². The van der Waals surface area contributed by atoms with Gasteiger partial charge >= 0.3 is 6.03 Å². The quantitative estimate of drug-likeness (QED) is 0.899. The highest BCUT2D eigenvalue weighted by atomic mass is 16.5. The predicted octanol–water partition coefficient (Wildman–Crippen LogP) is 1.63. The Hall–Kier alpha value is -2.41. The Morgan fingerprint density at radius 3 is 3.09 bits per heavy atom. The van der Waals surface area contributed by atoms with Crippen molar-refractivity contribution in [3.8, 4) is 0 Å². The smallest absolute Gasteiger partial charge is 0.320 e. The van der Waals surface area contributed by atoms with E-state index in [-0.39, 0.29) is 12.1 Å². The van der Waals surface area contributed by atoms with Crippen LogP contribution in [0.5, 0.6) is 0 Å². The number of nitrogens with one attached hydrogen (secondary N) is 2. The first-order chi connectivity index (χ1) is 10.8. The summed E-state index contributed by atoms with van der Waals surface area (Å²) in [6.07, 6.45) is 5.31. The van der Waals surface area contributed by atoms with Crippen molar-refractivity contribution in [2.75, 3.05) is 18.5 Å². The third-order valence-electron chi connectivity index (χ3n) is 3.49. The number of urea groups is 1. The molecule has 2 amide bonds. The van der Waals surface area contributed by atoms with Crippen molar-refractivity contribution in [3.05, 3.63) is 42.4 Å². The SMILES string of the molecule is O=C(Nc1ccnn1Cc1ccccn1)NC1CCCOC1. The molecular formula is C15H19N5O2. The number of carbonyl (C=O) groups is 1. The van der Waals surface area contributed by atoms with Gasteiger partial charge in [-0.05, 0) is 25.0 Å². The lowest BCUT2D eigenvalue weighted by molar-refractivity contribution is 0.0739. The number of aromatic nitrogens is 3. The molecule has 22 heavy (non-hydrogen) atoms. The van der Waals surface area contributed by atoms with Gasteiger partial charge in [-0.15, -0.1) is 0 Å². The largest absolute Gasteiger partial charge is 0.379 e. The molecule has 0 aromatic carbocycles. The fraction of sp³-hybridized carbons (Fsp3) is 0.400. The maximum atomic E-state index is 12.0. The monoisotopic (exact) mass is 301 g/mol. The lowest BCUT2D eigenvalue weighted by Crippen LogP contribution is -2.43. The second-order valence-corrected chi connectivity index (χ2v) is 5.21. The van der Waals surface area contributed by atoms with Crippen molar-refractivity contribution in [1.29, 1.82) is 0 Å². The van der Waals surface area contributed by atoms with Crippen LogP contribution in [0.1, 0.15) is 18.5 Å². The molecule has 1 atom stereocenters. The van der Waals surface area contributed by atoms with Crippen molar-refractivity contribution < 1.29 is 9.53 Å². The zero-order valence-electron chi connectivity index (χ0n) is 12.2. The number of pyridine rings is 1. The minimum absolute atomic E-state index is 0.0703. The van der Waals surface area contributed by atoms with Crippen molar-refractivity contribution in [2.45, 2.75) is 25.4 Å². The summed E-state index contributed by atoms with van der Waals surface area (Å²) in [6, 6.07) is 7.31. The molecule has 0 saturated carbocycles. The number of rotatable bonds is 4. The molecule has 2 aromatic heterocycles. The summed E-state index contributed by atoms with van der Waals surface area (Å²) < 4.78 is 7.06. The molecule has 2 aromatic rings. The first-order valence-electron chi connectivity index (χ1n) is 7.38. The van der Waals surface area contributed by atoms with E-state index in [2.05, 4.69) is 20.7 Å². The molecule has 0 radical (unpaired) electrons. The van der Waals surface area contributed by atoms with Crippen molar-refractivity contribution in [2.24, 2.45) is 0 Å². The van der Waals surface area contributed by atoms with E-state index >= 15 is 0 Å². The second kappa shape index (κ2) is 7.04. The van der Waals surface area contributed by atoms with E-state index in [1.807, 2.05) is 18.2 Å². The first kappa shape index (κ1) is 14.5. The van der Waals surface area contributed by atoms with E-state index in [0.717, 1.165) is 25.1 Å². The van der Waals surface area contributed by atoms with E-state index in [1.165, 1.54) is 0 Å². The molecule has 0 aliphatic carbocycles. The Morgan fingerprint density at radius 2 is 2.32 bits per heavy atom. The van der Waals surface area contributed by atoms with Crippen LogP contribution in [-0.2, 0) is 11.3 Å². The Balaban J connectivity index is 1.58. The third kappa shape index (κ3) is 3.82. The number of hydrogen-bond acceptors (Lipinski definition) is 4. The van der Waals surface area contributed by atoms with Gasteiger partial charge in [0.25, 0.3) is 0 Å². The summed E-state index contributed by atoms with van der Waals surface area (Å²) in [5.41, 5.74) is 0.885. The zero-order valence-corrected chi connectivity index (χ0v) is 12.2. The average molecular weight is 301 g/mol. The molecule has 7 nitrogen and oxygen atoms in total. The molecular weight excluding hydrogens is 282 g/mol. The van der Waals surface area contributed by atoms with Crippen molar-refractivity contribution in [1.82, 2.24) is 20.1 Å². The van der Waals surface area contributed by atoms with Crippen molar-refractivity contribution >= 4 is 11.8 Å². The van der Waals surface area contributed by atoms with Gasteiger partial charge in [-0.2, -0.15) is 5.10 Å². The number of carbonyl (C=O) groups excluding carboxylic acids is 1. The molecule has 1 unspecified atom stereocenters. The van der Waals surface area contributed by atoms with Crippen LogP contribution in [0.3, 0.4) is 0 Å². The minimum atomic E-state index is -0.238. The maximum Gasteiger partial charge on any atom is 0.320 e. The van der Waals surface area contributed by atoms with E-state index in [4.69, 9.17) is 4.74 Å². The minimum Gasteiger partial charge on any atom is -0.379 e. The topological polar surface area (TPSA) is 81.1 Å². The van der Waals surface area contributed by atoms with Crippen LogP contribution in [0.4, 0.5) is 10.6 Å². The summed E-state index contributed by atoms with van der Waals surface area (Å²) in [5, 5.41) is 9.96. The average Bonchev–Trinajstić information content (AvgIpc) is 2.96. The van der Waals surface area contributed by atoms with E-state index in [1.54, 1.807) is 23.1 Å². The third-order valence-corrected chi connectivity index (χ3v) is 3.49. The van der Waals surface area contributed by atoms with Crippen LogP contribution < -0.4 is 10.6 Å². The van der Waals surface area contributed by atoms with Gasteiger partial charge in [0.15, 0.2) is 0 Å². The van der Waals surface area contributed by atoms with Crippen molar-refractivity contribution in [3.63, 3.8) is 0 Å². The Labute approximate surface area is 128 Å². The Bertz CT molecular complexity index is 607. The lowest BCUT2D eigenvalue weighted by atomic mass is 10.1. The number of amides is 2. The molecule has 1 saturated heterocycles. The number of ether oxygens (including phenoxy) is 1. The molecule has 0 spiro atoms. The summed E-state index contributed by atoms with van der Waals surface area (Å²) >= 11 is 0. The van der Waals surface area contributed by atoms with Crippen LogP contribution in [0.25, 0.3) is 0 Å². The summed E-state index contributed by atoms with van der Waals surface area (Å²) in [6.45, 7) is 1.85. The molecule has 7 heteroatoms. The lowest BCUT2D eigenvalue weighted by Gasteiger charge is -2.23. The fourth-order valence-corrected chi connectivity index (χ4v) is 2.40. The zero-order chi connectivity index (χ0) is 15.2. The molecule has 1 aliphatic heterocycles. The molecule has 116 valence electrons. The highest BCUT2D eigenvalue weighted by Gasteiger charge is 2.17. The Morgan fingerprint density at radius 1 is 1.36 bits per heavy atom. The van der Waals surface area contributed by atoms with Gasteiger partial charge in [-0.25, -0.2) is 9.48 Å². The van der Waals surface area contributed by atoms with Gasteiger partial charge in [-0.3, -0.25) is 10.3 Å². The fourth-order valence-electron chi connectivity index (χ4n) is 2.40. The van der Waals surface area contributed by atoms with Gasteiger partial charge in [0.05, 0.1) is 31.1 Å². The maximum absolute atomic E-state index is 12.0. The Kier molecular flexibility index (Phi) is 4.65. The van der Waals surface area contributed by atoms with Crippen LogP contribution in [0, 0.1) is 0 Å². The molecule has 1 aliphatic rings. The molecule has 1 fully saturated rings. The molecule has 2 N–H and O–H groups in total. The summed E-state index contributed by atoms with van der Waals surface area (Å²) in [5.74, 6) is 0.639. The number of hydrogen-bond donors (Lipinski definition) is 2. The van der Waals surface area contributed by atoms with Gasteiger partial charge < -0.3 is 10.1 Å².